The molecule has 2 N–H and O–H groups in total. The zero-order valence-corrected chi connectivity index (χ0v) is 13.7. The Labute approximate surface area is 135 Å². The molecule has 0 radical (unpaired) electrons. The smallest absolute Gasteiger partial charge is 0.340 e. The van der Waals surface area contributed by atoms with Crippen molar-refractivity contribution < 1.29 is 19.1 Å². The Balaban J connectivity index is 2.36. The third-order valence-corrected chi connectivity index (χ3v) is 3.77. The topological polar surface area (TPSA) is 107 Å². The van der Waals surface area contributed by atoms with Gasteiger partial charge in [0.1, 0.15) is 11.5 Å². The van der Waals surface area contributed by atoms with Crippen LogP contribution in [0.1, 0.15) is 42.7 Å². The molecule has 2 heterocycles. The normalized spacial score (nSPS) is 23.6. The van der Waals surface area contributed by atoms with Crippen LogP contribution in [0.15, 0.2) is 12.3 Å². The molecule has 1 aliphatic rings. The molecule has 7 nitrogen and oxygen atoms in total. The van der Waals surface area contributed by atoms with Gasteiger partial charge in [-0.15, -0.1) is 0 Å². The Morgan fingerprint density at radius 3 is 2.61 bits per heavy atom. The highest BCUT2D eigenvalue weighted by Gasteiger charge is 2.40. The summed E-state index contributed by atoms with van der Waals surface area (Å²) in [6, 6.07) is 3.04. The number of hydrogen-bond donors (Lipinski definition) is 1. The summed E-state index contributed by atoms with van der Waals surface area (Å²) in [5.41, 5.74) is 6.40. The molecule has 0 amide bonds. The number of nitriles is 1. The number of carbonyl (C=O) groups is 2. The molecule has 0 saturated heterocycles. The second kappa shape index (κ2) is 6.05. The van der Waals surface area contributed by atoms with Gasteiger partial charge in [0.2, 0.25) is 0 Å². The minimum Gasteiger partial charge on any atom is -0.469 e. The molecule has 2 rings (SSSR count). The molecule has 3 unspecified atom stereocenters. The van der Waals surface area contributed by atoms with E-state index in [9.17, 15) is 14.9 Å². The van der Waals surface area contributed by atoms with Crippen LogP contribution in [-0.4, -0.2) is 35.3 Å². The van der Waals surface area contributed by atoms with Crippen molar-refractivity contribution in [3.63, 3.8) is 0 Å². The maximum absolute atomic E-state index is 12.2. The van der Waals surface area contributed by atoms with Gasteiger partial charge in [0.15, 0.2) is 0 Å². The van der Waals surface area contributed by atoms with Crippen LogP contribution in [0.5, 0.6) is 0 Å². The lowest BCUT2D eigenvalue weighted by Gasteiger charge is -2.32. The minimum atomic E-state index is -0.691. The van der Waals surface area contributed by atoms with Gasteiger partial charge in [0.25, 0.3) is 0 Å². The predicted molar refractivity (Wildman–Crippen MR) is 81.4 cm³/mol. The van der Waals surface area contributed by atoms with Crippen LogP contribution in [0.2, 0.25) is 0 Å². The van der Waals surface area contributed by atoms with Gasteiger partial charge >= 0.3 is 11.9 Å². The van der Waals surface area contributed by atoms with Crippen molar-refractivity contribution in [1.29, 1.82) is 5.26 Å². The maximum Gasteiger partial charge on any atom is 0.340 e. The number of methoxy groups -OCH3 is 1. The van der Waals surface area contributed by atoms with Crippen LogP contribution < -0.4 is 5.73 Å². The summed E-state index contributed by atoms with van der Waals surface area (Å²) in [6.45, 7) is 5.61. The van der Waals surface area contributed by atoms with Gasteiger partial charge in [-0.2, -0.15) is 5.26 Å². The van der Waals surface area contributed by atoms with Crippen molar-refractivity contribution in [3.05, 3.63) is 23.5 Å². The lowest BCUT2D eigenvalue weighted by molar-refractivity contribution is -0.147. The molecular weight excluding hydrogens is 298 g/mol. The number of nitrogens with zero attached hydrogens (tertiary/aromatic N) is 2. The molecule has 1 aromatic rings. The van der Waals surface area contributed by atoms with Gasteiger partial charge in [0.05, 0.1) is 24.7 Å². The van der Waals surface area contributed by atoms with Gasteiger partial charge in [0, 0.05) is 24.5 Å². The molecule has 0 aliphatic carbocycles. The fourth-order valence-electron chi connectivity index (χ4n) is 2.70. The van der Waals surface area contributed by atoms with E-state index in [1.807, 2.05) is 0 Å². The van der Waals surface area contributed by atoms with E-state index in [2.05, 4.69) is 6.07 Å². The number of esters is 2. The summed E-state index contributed by atoms with van der Waals surface area (Å²) in [5, 5.41) is 9.40. The highest BCUT2D eigenvalue weighted by Crippen LogP contribution is 2.32. The fourth-order valence-corrected chi connectivity index (χ4v) is 2.70. The zero-order valence-electron chi connectivity index (χ0n) is 13.7. The molecule has 1 aliphatic heterocycles. The van der Waals surface area contributed by atoms with Crippen LogP contribution in [0.25, 0.3) is 0 Å². The number of nitrogens with two attached hydrogens (primary N) is 1. The average molecular weight is 319 g/mol. The summed E-state index contributed by atoms with van der Waals surface area (Å²) in [5.74, 6) is -2.25. The third kappa shape index (κ3) is 3.37. The fraction of sp³-hybridized carbons (Fsp3) is 0.562. The Bertz CT molecular complexity index is 666. The van der Waals surface area contributed by atoms with Gasteiger partial charge in [-0.1, -0.05) is 0 Å². The van der Waals surface area contributed by atoms with Crippen molar-refractivity contribution in [2.24, 2.45) is 11.7 Å². The number of fused-ring (bicyclic) bond motifs is 1. The summed E-state index contributed by atoms with van der Waals surface area (Å²) in [6.07, 6.45) is 1.59. The molecule has 23 heavy (non-hydrogen) atoms. The Morgan fingerprint density at radius 2 is 2.09 bits per heavy atom. The summed E-state index contributed by atoms with van der Waals surface area (Å²) >= 11 is 0. The van der Waals surface area contributed by atoms with Crippen molar-refractivity contribution in [2.75, 3.05) is 7.11 Å². The van der Waals surface area contributed by atoms with Crippen LogP contribution in [0.3, 0.4) is 0 Å². The van der Waals surface area contributed by atoms with Crippen LogP contribution in [0, 0.1) is 17.2 Å². The number of ether oxygens (including phenoxy) is 2. The van der Waals surface area contributed by atoms with Gasteiger partial charge in [-0.05, 0) is 26.8 Å². The van der Waals surface area contributed by atoms with E-state index < -0.39 is 35.4 Å². The summed E-state index contributed by atoms with van der Waals surface area (Å²) in [4.78, 5) is 24.0. The Hall–Kier alpha value is -2.33. The highest BCUT2D eigenvalue weighted by molar-refractivity contribution is 5.90. The first-order chi connectivity index (χ1) is 10.7. The molecule has 0 fully saturated rings. The van der Waals surface area contributed by atoms with Crippen LogP contribution in [-0.2, 0) is 20.8 Å². The molecule has 0 aromatic carbocycles. The van der Waals surface area contributed by atoms with Gasteiger partial charge in [-0.25, -0.2) is 4.79 Å². The third-order valence-electron chi connectivity index (χ3n) is 3.77. The second-order valence-electron chi connectivity index (χ2n) is 6.62. The van der Waals surface area contributed by atoms with Gasteiger partial charge < -0.3 is 19.8 Å². The second-order valence-corrected chi connectivity index (χ2v) is 6.62. The van der Waals surface area contributed by atoms with Crippen LogP contribution in [0.4, 0.5) is 0 Å². The van der Waals surface area contributed by atoms with E-state index in [0.717, 1.165) is 0 Å². The first-order valence-electron chi connectivity index (χ1n) is 7.34. The Kier molecular flexibility index (Phi) is 4.48. The molecule has 1 aromatic heterocycles. The van der Waals surface area contributed by atoms with Crippen molar-refractivity contribution in [2.45, 2.75) is 44.9 Å². The van der Waals surface area contributed by atoms with E-state index in [0.29, 0.717) is 11.3 Å². The quantitative estimate of drug-likeness (QED) is 0.820. The molecule has 0 saturated carbocycles. The number of carbonyl (C=O) groups excluding carboxylic acids is 2. The largest absolute Gasteiger partial charge is 0.469 e. The van der Waals surface area contributed by atoms with Crippen molar-refractivity contribution >= 4 is 11.9 Å². The monoisotopic (exact) mass is 319 g/mol. The van der Waals surface area contributed by atoms with E-state index in [1.165, 1.54) is 7.11 Å². The number of rotatable bonds is 2. The first kappa shape index (κ1) is 17.0. The number of aromatic nitrogens is 1. The van der Waals surface area contributed by atoms with Gasteiger partial charge in [-0.3, -0.25) is 4.79 Å². The molecular formula is C16H21N3O4. The first-order valence-corrected chi connectivity index (χ1v) is 7.34. The van der Waals surface area contributed by atoms with E-state index >= 15 is 0 Å². The lowest BCUT2D eigenvalue weighted by atomic mass is 9.84. The molecule has 7 heteroatoms. The Morgan fingerprint density at radius 1 is 1.43 bits per heavy atom. The molecule has 0 bridgehead atoms. The van der Waals surface area contributed by atoms with Crippen molar-refractivity contribution in [1.82, 2.24) is 4.57 Å². The summed E-state index contributed by atoms with van der Waals surface area (Å²) in [7, 11) is 1.29. The lowest BCUT2D eigenvalue weighted by Crippen LogP contribution is -2.46. The molecule has 3 atom stereocenters. The predicted octanol–water partition coefficient (Wildman–Crippen LogP) is 1.18. The number of hydrogen-bond acceptors (Lipinski definition) is 6. The SMILES string of the molecule is COC(=O)C1Cn2cc(C(=O)OC(C)(C)C)cc2C(C#N)C1N. The van der Waals surface area contributed by atoms with Crippen molar-refractivity contribution in [3.8, 4) is 6.07 Å². The van der Waals surface area contributed by atoms with E-state index in [4.69, 9.17) is 15.2 Å². The van der Waals surface area contributed by atoms with E-state index in [-0.39, 0.29) is 6.54 Å². The maximum atomic E-state index is 12.2. The minimum absolute atomic E-state index is 0.268. The molecule has 0 spiro atoms. The zero-order chi connectivity index (χ0) is 17.4. The van der Waals surface area contributed by atoms with E-state index in [1.54, 1.807) is 37.6 Å². The molecule has 124 valence electrons. The summed E-state index contributed by atoms with van der Waals surface area (Å²) < 4.78 is 11.8. The standard InChI is InChI=1S/C16H21N3O4/c1-16(2,3)23-14(20)9-5-12-10(6-17)13(18)11(15(21)22-4)8-19(12)7-9/h5,7,10-11,13H,8,18H2,1-4H3. The van der Waals surface area contributed by atoms with Crippen LogP contribution >= 0.6 is 0 Å². The highest BCUT2D eigenvalue weighted by atomic mass is 16.6. The average Bonchev–Trinajstić information content (AvgIpc) is 2.88.